The third-order valence-electron chi connectivity index (χ3n) is 5.89. The summed E-state index contributed by atoms with van der Waals surface area (Å²) in [5.41, 5.74) is 1.10. The summed E-state index contributed by atoms with van der Waals surface area (Å²) in [5.74, 6) is -2.02. The van der Waals surface area contributed by atoms with E-state index in [1.165, 1.54) is 26.4 Å². The number of aromatic nitrogens is 2. The first kappa shape index (κ1) is 28.2. The quantitative estimate of drug-likeness (QED) is 0.279. The van der Waals surface area contributed by atoms with Gasteiger partial charge in [0.15, 0.2) is 6.10 Å². The van der Waals surface area contributed by atoms with Gasteiger partial charge in [-0.25, -0.2) is 23.6 Å². The van der Waals surface area contributed by atoms with Crippen molar-refractivity contribution < 1.29 is 36.0 Å². The van der Waals surface area contributed by atoms with Crippen molar-refractivity contribution in [1.82, 2.24) is 9.97 Å². The summed E-state index contributed by atoms with van der Waals surface area (Å²) in [4.78, 5) is 24.1. The first-order chi connectivity index (χ1) is 18.4. The van der Waals surface area contributed by atoms with E-state index in [4.69, 9.17) is 9.47 Å². The average Bonchev–Trinajstić information content (AvgIpc) is 2.86. The lowest BCUT2D eigenvalue weighted by Gasteiger charge is -2.19. The highest BCUT2D eigenvalue weighted by atomic mass is 32.2. The Hall–Kier alpha value is -3.81. The molecular weight excluding hydrogens is 542 g/mol. The lowest BCUT2D eigenvalue weighted by molar-refractivity contribution is -0.149. The third-order valence-corrected chi connectivity index (χ3v) is 8.29. The molecule has 1 fully saturated rings. The molecule has 0 saturated carbocycles. The van der Waals surface area contributed by atoms with Gasteiger partial charge >= 0.3 is 6.18 Å². The van der Waals surface area contributed by atoms with Gasteiger partial charge in [0.1, 0.15) is 29.5 Å². The lowest BCUT2D eigenvalue weighted by atomic mass is 10.2. The van der Waals surface area contributed by atoms with E-state index in [1.807, 2.05) is 0 Å². The summed E-state index contributed by atoms with van der Waals surface area (Å²) in [6.45, 7) is 2.15. The number of carbonyl (C=O) groups excluding carboxylic acids is 1. The summed E-state index contributed by atoms with van der Waals surface area (Å²) in [5, 5.41) is 3.47. The largest absolute Gasteiger partial charge is 0.496 e. The molecule has 2 atom stereocenters. The number of aliphatic imine (C=N–C) groups is 1. The smallest absolute Gasteiger partial charge is 0.396 e. The predicted molar refractivity (Wildman–Crippen MR) is 139 cm³/mol. The number of alkyl halides is 3. The predicted octanol–water partition coefficient (Wildman–Crippen LogP) is 5.59. The number of carbonyl (C=O) groups is 1. The molecule has 1 saturated heterocycles. The van der Waals surface area contributed by atoms with E-state index < -0.39 is 39.7 Å². The van der Waals surface area contributed by atoms with Crippen molar-refractivity contribution in [2.45, 2.75) is 32.5 Å². The van der Waals surface area contributed by atoms with Crippen molar-refractivity contribution in [2.75, 3.05) is 23.9 Å². The second-order valence-electron chi connectivity index (χ2n) is 8.86. The Bertz CT molecular complexity index is 1540. The van der Waals surface area contributed by atoms with Crippen LogP contribution in [0.25, 0.3) is 10.9 Å². The van der Waals surface area contributed by atoms with E-state index in [1.54, 1.807) is 12.1 Å². The van der Waals surface area contributed by atoms with Crippen LogP contribution in [0.15, 0.2) is 46.0 Å². The minimum absolute atomic E-state index is 0.103. The highest BCUT2D eigenvalue weighted by molar-refractivity contribution is 7.95. The van der Waals surface area contributed by atoms with Crippen LogP contribution in [0.1, 0.15) is 20.3 Å². The Morgan fingerprint density at radius 1 is 1.15 bits per heavy atom. The zero-order valence-electron chi connectivity index (χ0n) is 21.2. The van der Waals surface area contributed by atoms with Gasteiger partial charge in [-0.05, 0) is 38.5 Å². The molecule has 1 amide bonds. The maximum absolute atomic E-state index is 14.1. The average molecular weight is 568 g/mol. The number of fused-ring (bicyclic) bond motifs is 1. The number of amides is 1. The minimum Gasteiger partial charge on any atom is -0.496 e. The molecule has 0 spiro atoms. The molecule has 0 bridgehead atoms. The monoisotopic (exact) mass is 567 g/mol. The number of anilines is 2. The van der Waals surface area contributed by atoms with Crippen LogP contribution in [0.4, 0.5) is 34.8 Å². The van der Waals surface area contributed by atoms with Gasteiger partial charge in [0.2, 0.25) is 0 Å². The van der Waals surface area contributed by atoms with Crippen LogP contribution in [-0.4, -0.2) is 57.2 Å². The number of rotatable bonds is 8. The van der Waals surface area contributed by atoms with Crippen LogP contribution >= 0.6 is 0 Å². The highest BCUT2D eigenvalue weighted by Crippen LogP contribution is 2.38. The number of ether oxygens (including phenoxy) is 2. The van der Waals surface area contributed by atoms with Crippen molar-refractivity contribution in [3.05, 3.63) is 42.5 Å². The van der Waals surface area contributed by atoms with E-state index in [9.17, 15) is 26.6 Å². The van der Waals surface area contributed by atoms with Gasteiger partial charge in [-0.1, -0.05) is 0 Å². The van der Waals surface area contributed by atoms with E-state index in [0.29, 0.717) is 40.1 Å². The van der Waals surface area contributed by atoms with Crippen molar-refractivity contribution in [2.24, 2.45) is 15.3 Å². The molecule has 0 aliphatic carbocycles. The van der Waals surface area contributed by atoms with Crippen LogP contribution in [0.5, 0.6) is 11.5 Å². The molecule has 0 radical (unpaired) electrons. The molecule has 208 valence electrons. The molecule has 3 aromatic rings. The Balaban J connectivity index is 1.63. The topological polar surface area (TPSA) is 115 Å². The zero-order valence-corrected chi connectivity index (χ0v) is 22.0. The molecule has 1 aliphatic heterocycles. The van der Waals surface area contributed by atoms with Crippen molar-refractivity contribution >= 4 is 49.9 Å². The SMILES string of the molecule is COc1cc(N=S2(=O)CCC2)cc2ncnc(Nc3ccc(F)cc3O[C@H](C)C(=O)N=C[C@@H](C)C(F)(F)F)c12. The first-order valence-corrected chi connectivity index (χ1v) is 13.7. The fourth-order valence-corrected chi connectivity index (χ4v) is 5.02. The van der Waals surface area contributed by atoms with E-state index in [-0.39, 0.29) is 17.3 Å². The van der Waals surface area contributed by atoms with Crippen LogP contribution in [0, 0.1) is 11.7 Å². The number of halogens is 4. The summed E-state index contributed by atoms with van der Waals surface area (Å²) in [7, 11) is -0.831. The van der Waals surface area contributed by atoms with E-state index in [2.05, 4.69) is 24.6 Å². The lowest BCUT2D eigenvalue weighted by Crippen LogP contribution is -2.25. The second kappa shape index (κ2) is 11.1. The highest BCUT2D eigenvalue weighted by Gasteiger charge is 2.35. The second-order valence-corrected chi connectivity index (χ2v) is 11.4. The number of hydrogen-bond acceptors (Lipinski definition) is 8. The third kappa shape index (κ3) is 6.61. The molecule has 14 heteroatoms. The first-order valence-electron chi connectivity index (χ1n) is 11.8. The molecular formula is C25H25F4N5O4S. The van der Waals surface area contributed by atoms with Crippen molar-refractivity contribution in [3.63, 3.8) is 0 Å². The zero-order chi connectivity index (χ0) is 28.4. The maximum atomic E-state index is 14.1. The number of methoxy groups -OCH3 is 1. The summed E-state index contributed by atoms with van der Waals surface area (Å²) < 4.78 is 80.3. The summed E-state index contributed by atoms with van der Waals surface area (Å²) in [6.07, 6.45) is -3.23. The molecule has 0 unspecified atom stereocenters. The molecule has 9 nitrogen and oxygen atoms in total. The fraction of sp³-hybridized carbons (Fsp3) is 0.360. The number of nitrogens with one attached hydrogen (secondary N) is 1. The van der Waals surface area contributed by atoms with Gasteiger partial charge in [0.25, 0.3) is 5.91 Å². The summed E-state index contributed by atoms with van der Waals surface area (Å²) >= 11 is 0. The normalized spacial score (nSPS) is 16.4. The fourth-order valence-electron chi connectivity index (χ4n) is 3.56. The molecule has 2 aromatic carbocycles. The Morgan fingerprint density at radius 3 is 2.54 bits per heavy atom. The Kier molecular flexibility index (Phi) is 8.04. The molecule has 2 heterocycles. The molecule has 1 aliphatic rings. The van der Waals surface area contributed by atoms with Gasteiger partial charge < -0.3 is 14.8 Å². The van der Waals surface area contributed by atoms with Crippen LogP contribution < -0.4 is 14.8 Å². The number of hydrogen-bond donors (Lipinski definition) is 1. The van der Waals surface area contributed by atoms with Crippen molar-refractivity contribution in [1.29, 1.82) is 0 Å². The van der Waals surface area contributed by atoms with Gasteiger partial charge in [-0.2, -0.15) is 17.5 Å². The Labute approximate surface area is 221 Å². The van der Waals surface area contributed by atoms with Gasteiger partial charge in [-0.15, -0.1) is 0 Å². The van der Waals surface area contributed by atoms with Crippen LogP contribution in [0.3, 0.4) is 0 Å². The van der Waals surface area contributed by atoms with Crippen molar-refractivity contribution in [3.8, 4) is 11.5 Å². The molecule has 1 aromatic heterocycles. The number of benzene rings is 2. The summed E-state index contributed by atoms with van der Waals surface area (Å²) in [6, 6.07) is 6.78. The van der Waals surface area contributed by atoms with Crippen LogP contribution in [-0.2, 0) is 14.5 Å². The maximum Gasteiger partial charge on any atom is 0.396 e. The Morgan fingerprint density at radius 2 is 1.90 bits per heavy atom. The van der Waals surface area contributed by atoms with E-state index >= 15 is 0 Å². The number of nitrogens with zero attached hydrogens (tertiary/aromatic N) is 4. The standard InChI is InChI=1S/C25H25F4N5O4S/c1-14(25(27,28)29)12-30-24(35)15(2)38-20-9-16(26)5-6-18(20)33-23-22-19(31-13-32-23)10-17(11-21(22)37-3)34-39(36)7-4-8-39/h5-6,9-15H,4,7-8H2,1-3H3,(H,31,32,33)/t14-,15-/m1/s1. The molecule has 1 N–H and O–H groups in total. The molecule has 4 rings (SSSR count). The van der Waals surface area contributed by atoms with Gasteiger partial charge in [-0.3, -0.25) is 4.79 Å². The van der Waals surface area contributed by atoms with Gasteiger partial charge in [0, 0.05) is 29.9 Å². The minimum atomic E-state index is -4.54. The van der Waals surface area contributed by atoms with Gasteiger partial charge in [0.05, 0.1) is 45.0 Å². The van der Waals surface area contributed by atoms with E-state index in [0.717, 1.165) is 25.5 Å². The molecule has 39 heavy (non-hydrogen) atoms. The van der Waals surface area contributed by atoms with Crippen LogP contribution in [0.2, 0.25) is 0 Å².